The molecular formula is C13H10FN3O5S. The topological polar surface area (TPSA) is 122 Å². The maximum absolute atomic E-state index is 12.8. The lowest BCUT2D eigenvalue weighted by atomic mass is 10.2. The van der Waals surface area contributed by atoms with E-state index in [1.54, 1.807) is 0 Å². The van der Waals surface area contributed by atoms with Crippen LogP contribution in [0.5, 0.6) is 5.75 Å². The van der Waals surface area contributed by atoms with Gasteiger partial charge in [0.25, 0.3) is 10.0 Å². The van der Waals surface area contributed by atoms with E-state index in [9.17, 15) is 28.0 Å². The van der Waals surface area contributed by atoms with Crippen LogP contribution in [0, 0.1) is 15.9 Å². The molecule has 2 aromatic carbocycles. The van der Waals surface area contributed by atoms with Crippen LogP contribution in [0.3, 0.4) is 0 Å². The number of phenols is 1. The van der Waals surface area contributed by atoms with Gasteiger partial charge in [-0.1, -0.05) is 6.07 Å². The zero-order chi connectivity index (χ0) is 17.0. The van der Waals surface area contributed by atoms with Crippen molar-refractivity contribution in [2.45, 2.75) is 4.90 Å². The summed E-state index contributed by atoms with van der Waals surface area (Å²) >= 11 is 0. The highest BCUT2D eigenvalue weighted by Gasteiger charge is 2.16. The second kappa shape index (κ2) is 6.40. The number of halogens is 1. The molecule has 2 rings (SSSR count). The third-order valence-electron chi connectivity index (χ3n) is 2.74. The van der Waals surface area contributed by atoms with Crippen molar-refractivity contribution in [2.24, 2.45) is 5.10 Å². The third-order valence-corrected chi connectivity index (χ3v) is 3.98. The van der Waals surface area contributed by atoms with Crippen LogP contribution >= 0.6 is 0 Å². The molecule has 8 nitrogen and oxygen atoms in total. The Kier molecular flexibility index (Phi) is 4.55. The molecule has 0 fully saturated rings. The van der Waals surface area contributed by atoms with E-state index in [1.165, 1.54) is 12.1 Å². The number of nitro benzene ring substituents is 1. The standard InChI is InChI=1S/C13H10FN3O5S/c14-10-4-6-11(7-5-10)23(21,22)16-15-8-9-2-1-3-12(13(9)18)17(19)20/h1-8,16,18H/b15-8+. The first-order chi connectivity index (χ1) is 10.8. The minimum absolute atomic E-state index is 0.0407. The lowest BCUT2D eigenvalue weighted by Gasteiger charge is -2.03. The van der Waals surface area contributed by atoms with E-state index in [4.69, 9.17) is 0 Å². The maximum atomic E-state index is 12.8. The Morgan fingerprint density at radius 2 is 1.87 bits per heavy atom. The van der Waals surface area contributed by atoms with Gasteiger partial charge in [0.15, 0.2) is 0 Å². The molecule has 2 aromatic rings. The Labute approximate surface area is 130 Å². The largest absolute Gasteiger partial charge is 0.502 e. The van der Waals surface area contributed by atoms with Crippen molar-refractivity contribution >= 4 is 21.9 Å². The molecule has 120 valence electrons. The van der Waals surface area contributed by atoms with Crippen molar-refractivity contribution in [3.05, 3.63) is 64.0 Å². The molecule has 2 N–H and O–H groups in total. The van der Waals surface area contributed by atoms with Gasteiger partial charge in [-0.2, -0.15) is 13.5 Å². The normalized spacial score (nSPS) is 11.5. The molecule has 0 aliphatic carbocycles. The maximum Gasteiger partial charge on any atom is 0.311 e. The second-order valence-electron chi connectivity index (χ2n) is 4.28. The first-order valence-corrected chi connectivity index (χ1v) is 7.56. The molecule has 0 radical (unpaired) electrons. The van der Waals surface area contributed by atoms with Gasteiger partial charge in [-0.15, -0.1) is 0 Å². The summed E-state index contributed by atoms with van der Waals surface area (Å²) in [6, 6.07) is 7.78. The molecule has 10 heteroatoms. The summed E-state index contributed by atoms with van der Waals surface area (Å²) in [5.41, 5.74) is -0.573. The Morgan fingerprint density at radius 3 is 2.48 bits per heavy atom. The van der Waals surface area contributed by atoms with E-state index in [1.807, 2.05) is 4.83 Å². The lowest BCUT2D eigenvalue weighted by Crippen LogP contribution is -2.18. The fourth-order valence-corrected chi connectivity index (χ4v) is 2.42. The average Bonchev–Trinajstić information content (AvgIpc) is 2.49. The zero-order valence-corrected chi connectivity index (χ0v) is 12.2. The molecule has 0 bridgehead atoms. The van der Waals surface area contributed by atoms with E-state index in [-0.39, 0.29) is 10.5 Å². The number of aromatic hydroxyl groups is 1. The van der Waals surface area contributed by atoms with Gasteiger partial charge in [0, 0.05) is 11.6 Å². The molecule has 0 aromatic heterocycles. The molecule has 0 amide bonds. The van der Waals surface area contributed by atoms with Crippen LogP contribution < -0.4 is 4.83 Å². The van der Waals surface area contributed by atoms with E-state index >= 15 is 0 Å². The number of sulfonamides is 1. The number of hydrogen-bond acceptors (Lipinski definition) is 6. The van der Waals surface area contributed by atoms with E-state index in [2.05, 4.69) is 5.10 Å². The number of benzene rings is 2. The summed E-state index contributed by atoms with van der Waals surface area (Å²) in [4.78, 5) is 11.5. The van der Waals surface area contributed by atoms with Gasteiger partial charge >= 0.3 is 5.69 Å². The summed E-state index contributed by atoms with van der Waals surface area (Å²) < 4.78 is 36.5. The van der Waals surface area contributed by atoms with Crippen molar-refractivity contribution < 1.29 is 22.8 Å². The van der Waals surface area contributed by atoms with Crippen LogP contribution in [0.4, 0.5) is 10.1 Å². The zero-order valence-electron chi connectivity index (χ0n) is 11.4. The first kappa shape index (κ1) is 16.4. The van der Waals surface area contributed by atoms with Crippen molar-refractivity contribution in [3.63, 3.8) is 0 Å². The van der Waals surface area contributed by atoms with Crippen molar-refractivity contribution in [2.75, 3.05) is 0 Å². The highest BCUT2D eigenvalue weighted by atomic mass is 32.2. The van der Waals surface area contributed by atoms with Gasteiger partial charge in [-0.3, -0.25) is 10.1 Å². The summed E-state index contributed by atoms with van der Waals surface area (Å²) in [6.45, 7) is 0. The van der Waals surface area contributed by atoms with Crippen molar-refractivity contribution in [1.82, 2.24) is 4.83 Å². The molecule has 0 saturated heterocycles. The molecule has 0 aliphatic heterocycles. The lowest BCUT2D eigenvalue weighted by molar-refractivity contribution is -0.385. The summed E-state index contributed by atoms with van der Waals surface area (Å²) in [7, 11) is -4.02. The Hall–Kier alpha value is -3.01. The molecule has 0 unspecified atom stereocenters. The number of para-hydroxylation sites is 1. The fraction of sp³-hybridized carbons (Fsp3) is 0. The van der Waals surface area contributed by atoms with Gasteiger partial charge in [-0.25, -0.2) is 9.22 Å². The van der Waals surface area contributed by atoms with Gasteiger partial charge in [0.1, 0.15) is 5.82 Å². The number of hydrogen-bond donors (Lipinski definition) is 2. The van der Waals surface area contributed by atoms with E-state index in [0.29, 0.717) is 0 Å². The third kappa shape index (κ3) is 3.80. The molecule has 0 aliphatic rings. The molecule has 0 atom stereocenters. The van der Waals surface area contributed by atoms with Crippen molar-refractivity contribution in [1.29, 1.82) is 0 Å². The number of nitrogens with zero attached hydrogens (tertiary/aromatic N) is 2. The SMILES string of the molecule is O=[N+]([O-])c1cccc(/C=N/NS(=O)(=O)c2ccc(F)cc2)c1O. The minimum atomic E-state index is -4.02. The predicted molar refractivity (Wildman–Crippen MR) is 79.1 cm³/mol. The number of rotatable bonds is 5. The number of phenolic OH excluding ortho intramolecular Hbond substituents is 1. The fourth-order valence-electron chi connectivity index (χ4n) is 1.63. The van der Waals surface area contributed by atoms with Gasteiger partial charge in [0.05, 0.1) is 16.0 Å². The van der Waals surface area contributed by atoms with Gasteiger partial charge < -0.3 is 5.11 Å². The Morgan fingerprint density at radius 1 is 1.22 bits per heavy atom. The summed E-state index contributed by atoms with van der Waals surface area (Å²) in [5, 5.41) is 23.8. The quantitative estimate of drug-likeness (QED) is 0.488. The molecule has 23 heavy (non-hydrogen) atoms. The predicted octanol–water partition coefficient (Wildman–Crippen LogP) is 1.75. The minimum Gasteiger partial charge on any atom is -0.502 e. The first-order valence-electron chi connectivity index (χ1n) is 6.08. The molecule has 0 heterocycles. The van der Waals surface area contributed by atoms with Crippen LogP contribution in [-0.4, -0.2) is 24.7 Å². The highest BCUT2D eigenvalue weighted by molar-refractivity contribution is 7.89. The molecule has 0 saturated carbocycles. The van der Waals surface area contributed by atoms with Gasteiger partial charge in [0.2, 0.25) is 5.75 Å². The van der Waals surface area contributed by atoms with Crippen molar-refractivity contribution in [3.8, 4) is 5.75 Å². The van der Waals surface area contributed by atoms with E-state index < -0.39 is 32.2 Å². The van der Waals surface area contributed by atoms with Crippen LogP contribution in [0.1, 0.15) is 5.56 Å². The van der Waals surface area contributed by atoms with Crippen LogP contribution in [0.2, 0.25) is 0 Å². The number of hydrazone groups is 1. The molecular weight excluding hydrogens is 329 g/mol. The Bertz CT molecular complexity index is 866. The molecule has 0 spiro atoms. The van der Waals surface area contributed by atoms with Crippen LogP contribution in [-0.2, 0) is 10.0 Å². The van der Waals surface area contributed by atoms with Gasteiger partial charge in [-0.05, 0) is 30.3 Å². The second-order valence-corrected chi connectivity index (χ2v) is 5.94. The summed E-state index contributed by atoms with van der Waals surface area (Å²) in [6.07, 6.45) is 0.920. The number of nitrogens with one attached hydrogen (secondary N) is 1. The summed E-state index contributed by atoms with van der Waals surface area (Å²) in [5.74, 6) is -1.23. The van der Waals surface area contributed by atoms with Crippen LogP contribution in [0.25, 0.3) is 0 Å². The smallest absolute Gasteiger partial charge is 0.311 e. The number of nitro groups is 1. The monoisotopic (exact) mass is 339 g/mol. The average molecular weight is 339 g/mol. The van der Waals surface area contributed by atoms with Crippen LogP contribution in [0.15, 0.2) is 52.5 Å². The van der Waals surface area contributed by atoms with E-state index in [0.717, 1.165) is 36.5 Å². The Balaban J connectivity index is 2.20. The highest BCUT2D eigenvalue weighted by Crippen LogP contribution is 2.27.